The zero-order valence-corrected chi connectivity index (χ0v) is 14.9. The van der Waals surface area contributed by atoms with Gasteiger partial charge in [0.2, 0.25) is 0 Å². The molecule has 2 amide bonds. The highest BCUT2D eigenvalue weighted by atomic mass is 35.5. The molecule has 0 saturated carbocycles. The maximum absolute atomic E-state index is 12.6. The summed E-state index contributed by atoms with van der Waals surface area (Å²) in [6.07, 6.45) is 0. The van der Waals surface area contributed by atoms with E-state index in [0.29, 0.717) is 16.6 Å². The Kier molecular flexibility index (Phi) is 5.05. The first-order valence-electron chi connectivity index (χ1n) is 7.26. The van der Waals surface area contributed by atoms with Crippen molar-refractivity contribution in [2.24, 2.45) is 0 Å². The minimum Gasteiger partial charge on any atom is -0.308 e. The fourth-order valence-electron chi connectivity index (χ4n) is 2.48. The molecular formula is C17H16Cl2N2OS. The summed E-state index contributed by atoms with van der Waals surface area (Å²) in [6, 6.07) is 13.2. The minimum atomic E-state index is -0.125. The fraction of sp³-hybridized carbons (Fsp3) is 0.235. The van der Waals surface area contributed by atoms with Gasteiger partial charge in [0.15, 0.2) is 0 Å². The summed E-state index contributed by atoms with van der Waals surface area (Å²) < 4.78 is 0. The van der Waals surface area contributed by atoms with Crippen LogP contribution in [0.15, 0.2) is 42.5 Å². The first-order valence-corrected chi connectivity index (χ1v) is 9.06. The number of nitrogens with zero attached hydrogens (tertiary/aromatic N) is 1. The van der Waals surface area contributed by atoms with E-state index in [1.807, 2.05) is 43.3 Å². The van der Waals surface area contributed by atoms with Gasteiger partial charge in [-0.2, -0.15) is 0 Å². The standard InChI is InChI=1S/C17H16Cl2N2OS/c1-11-5-7-12(8-6-11)20-17(22)21-9-10-23-16(21)13-3-2-4-14(18)15(13)19/h2-8,16H,9-10H2,1H3,(H,20,22). The molecular weight excluding hydrogens is 351 g/mol. The Bertz CT molecular complexity index is 721. The maximum atomic E-state index is 12.6. The number of hydrogen-bond donors (Lipinski definition) is 1. The highest BCUT2D eigenvalue weighted by Crippen LogP contribution is 2.42. The summed E-state index contributed by atoms with van der Waals surface area (Å²) in [5, 5.41) is 3.85. The molecule has 1 saturated heterocycles. The third-order valence-electron chi connectivity index (χ3n) is 3.70. The number of halogens is 2. The van der Waals surface area contributed by atoms with Crippen LogP contribution in [-0.2, 0) is 0 Å². The van der Waals surface area contributed by atoms with E-state index < -0.39 is 0 Å². The van der Waals surface area contributed by atoms with Crippen molar-refractivity contribution in [2.45, 2.75) is 12.3 Å². The smallest absolute Gasteiger partial charge is 0.308 e. The molecule has 0 aliphatic carbocycles. The van der Waals surface area contributed by atoms with Gasteiger partial charge in [-0.15, -0.1) is 11.8 Å². The largest absolute Gasteiger partial charge is 0.323 e. The molecule has 1 atom stereocenters. The second kappa shape index (κ2) is 7.04. The molecule has 1 N–H and O–H groups in total. The van der Waals surface area contributed by atoms with Crippen LogP contribution in [0.25, 0.3) is 0 Å². The van der Waals surface area contributed by atoms with E-state index in [-0.39, 0.29) is 11.4 Å². The van der Waals surface area contributed by atoms with Crippen molar-refractivity contribution in [2.75, 3.05) is 17.6 Å². The van der Waals surface area contributed by atoms with Gasteiger partial charge in [-0.05, 0) is 25.1 Å². The predicted octanol–water partition coefficient (Wildman–Crippen LogP) is 5.58. The lowest BCUT2D eigenvalue weighted by Crippen LogP contribution is -2.34. The lowest BCUT2D eigenvalue weighted by atomic mass is 10.2. The summed E-state index contributed by atoms with van der Waals surface area (Å²) in [6.45, 7) is 2.69. The lowest BCUT2D eigenvalue weighted by Gasteiger charge is -2.25. The average molecular weight is 367 g/mol. The molecule has 0 radical (unpaired) electrons. The van der Waals surface area contributed by atoms with Crippen LogP contribution in [0.5, 0.6) is 0 Å². The Morgan fingerprint density at radius 3 is 2.70 bits per heavy atom. The molecule has 3 rings (SSSR count). The molecule has 2 aromatic carbocycles. The zero-order chi connectivity index (χ0) is 16.4. The summed E-state index contributed by atoms with van der Waals surface area (Å²) in [5.41, 5.74) is 2.82. The monoisotopic (exact) mass is 366 g/mol. The molecule has 1 aliphatic heterocycles. The molecule has 3 nitrogen and oxygen atoms in total. The number of hydrogen-bond acceptors (Lipinski definition) is 2. The quantitative estimate of drug-likeness (QED) is 0.751. The third-order valence-corrected chi connectivity index (χ3v) is 5.78. The van der Waals surface area contributed by atoms with Crippen LogP contribution >= 0.6 is 35.0 Å². The van der Waals surface area contributed by atoms with E-state index in [4.69, 9.17) is 23.2 Å². The zero-order valence-electron chi connectivity index (χ0n) is 12.6. The van der Waals surface area contributed by atoms with Crippen molar-refractivity contribution < 1.29 is 4.79 Å². The van der Waals surface area contributed by atoms with Crippen LogP contribution in [0.4, 0.5) is 10.5 Å². The van der Waals surface area contributed by atoms with Gasteiger partial charge in [0.25, 0.3) is 0 Å². The van der Waals surface area contributed by atoms with Gasteiger partial charge in [-0.3, -0.25) is 0 Å². The number of rotatable bonds is 2. The number of urea groups is 1. The van der Waals surface area contributed by atoms with Crippen LogP contribution in [0.3, 0.4) is 0 Å². The van der Waals surface area contributed by atoms with Crippen molar-refractivity contribution >= 4 is 46.7 Å². The molecule has 2 aromatic rings. The summed E-state index contributed by atoms with van der Waals surface area (Å²) in [4.78, 5) is 14.4. The molecule has 6 heteroatoms. The Labute approximate surface area is 150 Å². The van der Waals surface area contributed by atoms with Gasteiger partial charge in [0, 0.05) is 23.5 Å². The highest BCUT2D eigenvalue weighted by molar-refractivity contribution is 7.99. The number of amides is 2. The minimum absolute atomic E-state index is 0.119. The van der Waals surface area contributed by atoms with Crippen LogP contribution in [0.1, 0.15) is 16.5 Å². The number of nitrogens with one attached hydrogen (secondary N) is 1. The average Bonchev–Trinajstić information content (AvgIpc) is 3.02. The summed E-state index contributed by atoms with van der Waals surface area (Å²) in [7, 11) is 0. The molecule has 1 aliphatic rings. The van der Waals surface area contributed by atoms with Crippen molar-refractivity contribution in [1.82, 2.24) is 4.90 Å². The molecule has 1 heterocycles. The van der Waals surface area contributed by atoms with Gasteiger partial charge in [-0.25, -0.2) is 4.79 Å². The topological polar surface area (TPSA) is 32.3 Å². The van der Waals surface area contributed by atoms with Crippen LogP contribution in [0.2, 0.25) is 10.0 Å². The first kappa shape index (κ1) is 16.5. The van der Waals surface area contributed by atoms with Crippen molar-refractivity contribution in [3.63, 3.8) is 0 Å². The van der Waals surface area contributed by atoms with E-state index in [0.717, 1.165) is 22.6 Å². The summed E-state index contributed by atoms with van der Waals surface area (Å²) >= 11 is 14.1. The van der Waals surface area contributed by atoms with E-state index >= 15 is 0 Å². The Hall–Kier alpha value is -1.36. The molecule has 0 spiro atoms. The number of carbonyl (C=O) groups excluding carboxylic acids is 1. The van der Waals surface area contributed by atoms with Crippen LogP contribution in [0, 0.1) is 6.92 Å². The second-order valence-electron chi connectivity index (χ2n) is 5.36. The van der Waals surface area contributed by atoms with Gasteiger partial charge >= 0.3 is 6.03 Å². The number of thioether (sulfide) groups is 1. The molecule has 23 heavy (non-hydrogen) atoms. The van der Waals surface area contributed by atoms with Crippen LogP contribution in [-0.4, -0.2) is 23.2 Å². The van der Waals surface area contributed by atoms with Crippen molar-refractivity contribution in [3.8, 4) is 0 Å². The number of anilines is 1. The van der Waals surface area contributed by atoms with E-state index in [1.54, 1.807) is 22.7 Å². The molecule has 120 valence electrons. The molecule has 0 aromatic heterocycles. The molecule has 0 bridgehead atoms. The number of benzene rings is 2. The lowest BCUT2D eigenvalue weighted by molar-refractivity contribution is 0.214. The maximum Gasteiger partial charge on any atom is 0.323 e. The third kappa shape index (κ3) is 3.60. The van der Waals surface area contributed by atoms with Gasteiger partial charge in [0.1, 0.15) is 5.37 Å². The van der Waals surface area contributed by atoms with Crippen LogP contribution < -0.4 is 5.32 Å². The Balaban J connectivity index is 1.79. The van der Waals surface area contributed by atoms with E-state index in [1.165, 1.54) is 0 Å². The normalized spacial score (nSPS) is 17.3. The SMILES string of the molecule is Cc1ccc(NC(=O)N2CCSC2c2cccc(Cl)c2Cl)cc1. The number of aryl methyl sites for hydroxylation is 1. The number of carbonyl (C=O) groups is 1. The molecule has 1 unspecified atom stereocenters. The Morgan fingerprint density at radius 1 is 1.22 bits per heavy atom. The van der Waals surface area contributed by atoms with Crippen molar-refractivity contribution in [1.29, 1.82) is 0 Å². The van der Waals surface area contributed by atoms with Gasteiger partial charge < -0.3 is 10.2 Å². The van der Waals surface area contributed by atoms with Crippen molar-refractivity contribution in [3.05, 3.63) is 63.6 Å². The predicted molar refractivity (Wildman–Crippen MR) is 98.6 cm³/mol. The summed E-state index contributed by atoms with van der Waals surface area (Å²) in [5.74, 6) is 0.870. The fourth-order valence-corrected chi connectivity index (χ4v) is 4.24. The molecule has 1 fully saturated rings. The highest BCUT2D eigenvalue weighted by Gasteiger charge is 2.32. The van der Waals surface area contributed by atoms with Gasteiger partial charge in [-0.1, -0.05) is 53.0 Å². The van der Waals surface area contributed by atoms with Gasteiger partial charge in [0.05, 0.1) is 10.0 Å². The first-order chi connectivity index (χ1) is 11.1. The Morgan fingerprint density at radius 2 is 1.96 bits per heavy atom. The second-order valence-corrected chi connectivity index (χ2v) is 7.33. The van der Waals surface area contributed by atoms with E-state index in [9.17, 15) is 4.79 Å². The van der Waals surface area contributed by atoms with E-state index in [2.05, 4.69) is 5.32 Å².